The van der Waals surface area contributed by atoms with Crippen molar-refractivity contribution in [3.63, 3.8) is 0 Å². The molecule has 0 aliphatic heterocycles. The summed E-state index contributed by atoms with van der Waals surface area (Å²) in [6.45, 7) is 13.6. The molecule has 78 valence electrons. The van der Waals surface area contributed by atoms with Crippen LogP contribution in [0.5, 0.6) is 0 Å². The van der Waals surface area contributed by atoms with E-state index in [0.29, 0.717) is 11.8 Å². The fourth-order valence-corrected chi connectivity index (χ4v) is 1.35. The van der Waals surface area contributed by atoms with Crippen molar-refractivity contribution >= 4 is 0 Å². The molecule has 0 nitrogen and oxygen atoms in total. The number of unbranched alkanes of at least 4 members (excludes halogenated alkanes) is 2. The van der Waals surface area contributed by atoms with Crippen LogP contribution in [0.2, 0.25) is 0 Å². The molecule has 0 heteroatoms. The third-order valence-electron chi connectivity index (χ3n) is 2.34. The third kappa shape index (κ3) is 4.86. The SMILES string of the molecule is C=CC(C=C)C(C=C)C=CCCCC. The Morgan fingerprint density at radius 3 is 2.00 bits per heavy atom. The van der Waals surface area contributed by atoms with E-state index in [1.165, 1.54) is 12.8 Å². The van der Waals surface area contributed by atoms with Gasteiger partial charge in [0, 0.05) is 11.8 Å². The third-order valence-corrected chi connectivity index (χ3v) is 2.34. The van der Waals surface area contributed by atoms with Gasteiger partial charge in [0.05, 0.1) is 0 Å². The highest BCUT2D eigenvalue weighted by Crippen LogP contribution is 2.17. The zero-order chi connectivity index (χ0) is 10.8. The lowest BCUT2D eigenvalue weighted by Gasteiger charge is -2.13. The zero-order valence-corrected chi connectivity index (χ0v) is 9.28. The average molecular weight is 190 g/mol. The van der Waals surface area contributed by atoms with Gasteiger partial charge in [0.2, 0.25) is 0 Å². The maximum atomic E-state index is 3.83. The molecule has 0 aromatic heterocycles. The monoisotopic (exact) mass is 190 g/mol. The summed E-state index contributed by atoms with van der Waals surface area (Å²) in [5.74, 6) is 0.659. The van der Waals surface area contributed by atoms with Crippen molar-refractivity contribution in [3.05, 3.63) is 50.1 Å². The van der Waals surface area contributed by atoms with E-state index in [2.05, 4.69) is 38.8 Å². The minimum absolute atomic E-state index is 0.311. The van der Waals surface area contributed by atoms with E-state index in [0.717, 1.165) is 6.42 Å². The number of hydrogen-bond acceptors (Lipinski definition) is 0. The molecule has 0 N–H and O–H groups in total. The molecule has 0 aromatic rings. The molecular formula is C14H22. The number of rotatable bonds is 8. The first-order valence-electron chi connectivity index (χ1n) is 5.34. The molecule has 0 spiro atoms. The Morgan fingerprint density at radius 2 is 1.57 bits per heavy atom. The minimum atomic E-state index is 0.311. The molecule has 0 rings (SSSR count). The molecule has 0 heterocycles. The molecule has 0 radical (unpaired) electrons. The molecule has 0 aromatic carbocycles. The quantitative estimate of drug-likeness (QED) is 0.390. The first-order chi connectivity index (χ1) is 6.79. The maximum Gasteiger partial charge on any atom is 0.00412 e. The molecule has 0 aliphatic carbocycles. The van der Waals surface area contributed by atoms with Crippen LogP contribution < -0.4 is 0 Å². The van der Waals surface area contributed by atoms with Gasteiger partial charge in [0.1, 0.15) is 0 Å². The van der Waals surface area contributed by atoms with E-state index in [-0.39, 0.29) is 0 Å². The highest BCUT2D eigenvalue weighted by molar-refractivity contribution is 5.09. The summed E-state index contributed by atoms with van der Waals surface area (Å²) < 4.78 is 0. The van der Waals surface area contributed by atoms with Crippen molar-refractivity contribution in [2.24, 2.45) is 11.8 Å². The van der Waals surface area contributed by atoms with Gasteiger partial charge in [-0.05, 0) is 6.42 Å². The fourth-order valence-electron chi connectivity index (χ4n) is 1.35. The van der Waals surface area contributed by atoms with Gasteiger partial charge >= 0.3 is 0 Å². The van der Waals surface area contributed by atoms with Crippen LogP contribution in [-0.2, 0) is 0 Å². The second-order valence-corrected chi connectivity index (χ2v) is 3.43. The molecular weight excluding hydrogens is 168 g/mol. The van der Waals surface area contributed by atoms with E-state index >= 15 is 0 Å². The van der Waals surface area contributed by atoms with Gasteiger partial charge in [-0.1, -0.05) is 50.1 Å². The first kappa shape index (κ1) is 13.0. The summed E-state index contributed by atoms with van der Waals surface area (Å²) in [5.41, 5.74) is 0. The smallest absolute Gasteiger partial charge is 0.00412 e. The van der Waals surface area contributed by atoms with Crippen molar-refractivity contribution < 1.29 is 0 Å². The van der Waals surface area contributed by atoms with Crippen molar-refractivity contribution in [2.45, 2.75) is 26.2 Å². The van der Waals surface area contributed by atoms with Gasteiger partial charge in [-0.3, -0.25) is 0 Å². The Bertz CT molecular complexity index is 190. The topological polar surface area (TPSA) is 0 Å². The van der Waals surface area contributed by atoms with Crippen LogP contribution in [0.15, 0.2) is 50.1 Å². The molecule has 1 unspecified atom stereocenters. The molecule has 14 heavy (non-hydrogen) atoms. The Balaban J connectivity index is 4.12. The van der Waals surface area contributed by atoms with Gasteiger partial charge in [0.15, 0.2) is 0 Å². The predicted molar refractivity (Wildman–Crippen MR) is 66.2 cm³/mol. The minimum Gasteiger partial charge on any atom is -0.102 e. The lowest BCUT2D eigenvalue weighted by atomic mass is 9.92. The van der Waals surface area contributed by atoms with Gasteiger partial charge in [-0.25, -0.2) is 0 Å². The van der Waals surface area contributed by atoms with E-state index in [1.807, 2.05) is 18.2 Å². The lowest BCUT2D eigenvalue weighted by Crippen LogP contribution is -2.03. The van der Waals surface area contributed by atoms with Crippen molar-refractivity contribution in [3.8, 4) is 0 Å². The van der Waals surface area contributed by atoms with Crippen LogP contribution in [0, 0.1) is 11.8 Å². The maximum absolute atomic E-state index is 3.83. The summed E-state index contributed by atoms with van der Waals surface area (Å²) >= 11 is 0. The van der Waals surface area contributed by atoms with Crippen molar-refractivity contribution in [1.82, 2.24) is 0 Å². The molecule has 0 amide bonds. The van der Waals surface area contributed by atoms with E-state index in [4.69, 9.17) is 0 Å². The van der Waals surface area contributed by atoms with E-state index in [1.54, 1.807) is 0 Å². The van der Waals surface area contributed by atoms with Crippen LogP contribution in [0.4, 0.5) is 0 Å². The van der Waals surface area contributed by atoms with Gasteiger partial charge < -0.3 is 0 Å². The van der Waals surface area contributed by atoms with E-state index < -0.39 is 0 Å². The average Bonchev–Trinajstić information content (AvgIpc) is 2.23. The first-order valence-corrected chi connectivity index (χ1v) is 5.34. The number of allylic oxidation sites excluding steroid dienone is 5. The van der Waals surface area contributed by atoms with Gasteiger partial charge in [-0.15, -0.1) is 19.7 Å². The van der Waals surface area contributed by atoms with Gasteiger partial charge in [-0.2, -0.15) is 0 Å². The normalized spacial score (nSPS) is 13.0. The van der Waals surface area contributed by atoms with Crippen LogP contribution in [-0.4, -0.2) is 0 Å². The Hall–Kier alpha value is -1.04. The van der Waals surface area contributed by atoms with Crippen LogP contribution in [0.1, 0.15) is 26.2 Å². The zero-order valence-electron chi connectivity index (χ0n) is 9.28. The van der Waals surface area contributed by atoms with Crippen molar-refractivity contribution in [2.75, 3.05) is 0 Å². The summed E-state index contributed by atoms with van der Waals surface area (Å²) in [4.78, 5) is 0. The molecule has 0 aliphatic rings. The fraction of sp³-hybridized carbons (Fsp3) is 0.429. The lowest BCUT2D eigenvalue weighted by molar-refractivity contribution is 0.674. The molecule has 0 saturated carbocycles. The predicted octanol–water partition coefficient (Wildman–Crippen LogP) is 4.52. The van der Waals surface area contributed by atoms with E-state index in [9.17, 15) is 0 Å². The number of hydrogen-bond donors (Lipinski definition) is 0. The van der Waals surface area contributed by atoms with Gasteiger partial charge in [0.25, 0.3) is 0 Å². The second-order valence-electron chi connectivity index (χ2n) is 3.43. The Labute approximate surface area is 88.7 Å². The van der Waals surface area contributed by atoms with Crippen molar-refractivity contribution in [1.29, 1.82) is 0 Å². The summed E-state index contributed by atoms with van der Waals surface area (Å²) in [6, 6.07) is 0. The molecule has 0 bridgehead atoms. The summed E-state index contributed by atoms with van der Waals surface area (Å²) in [7, 11) is 0. The highest BCUT2D eigenvalue weighted by atomic mass is 14.1. The second kappa shape index (κ2) is 8.55. The van der Waals surface area contributed by atoms with Crippen LogP contribution in [0.3, 0.4) is 0 Å². The summed E-state index contributed by atoms with van der Waals surface area (Å²) in [5, 5.41) is 0. The molecule has 0 fully saturated rings. The van der Waals surface area contributed by atoms with Crippen LogP contribution in [0.25, 0.3) is 0 Å². The highest BCUT2D eigenvalue weighted by Gasteiger charge is 2.07. The Morgan fingerprint density at radius 1 is 1.00 bits per heavy atom. The largest absolute Gasteiger partial charge is 0.102 e. The van der Waals surface area contributed by atoms with Crippen LogP contribution >= 0.6 is 0 Å². The Kier molecular flexibility index (Phi) is 7.92. The molecule has 1 atom stereocenters. The summed E-state index contributed by atoms with van der Waals surface area (Å²) in [6.07, 6.45) is 13.9. The molecule has 0 saturated heterocycles. The standard InChI is InChI=1S/C14H22/c1-5-9-10-11-12-14(8-4)13(6-2)7-3/h6-8,11-14H,2-5,9-10H2,1H3.